The van der Waals surface area contributed by atoms with Crippen LogP contribution in [0.25, 0.3) is 0 Å². The van der Waals surface area contributed by atoms with Crippen LogP contribution in [0.4, 0.5) is 10.5 Å². The van der Waals surface area contributed by atoms with Crippen LogP contribution in [0.1, 0.15) is 46.1 Å². The van der Waals surface area contributed by atoms with Gasteiger partial charge in [0.05, 0.1) is 25.3 Å². The van der Waals surface area contributed by atoms with Gasteiger partial charge in [0.15, 0.2) is 5.72 Å². The zero-order valence-corrected chi connectivity index (χ0v) is 27.8. The van der Waals surface area contributed by atoms with E-state index in [-0.39, 0.29) is 23.8 Å². The molecule has 45 heavy (non-hydrogen) atoms. The number of nitrogens with one attached hydrogen (secondary N) is 2. The fourth-order valence-electron chi connectivity index (χ4n) is 5.97. The number of methoxy groups -OCH3 is 2. The standard InChI is InChI=1S/C32H44ClN3O9/c1-17-10-9-11-24(42-8)32(40)16-23(43-30(39)35-32)18(2)28-31(4,45-28)25(44-29(38)19(3)34-5)15-26(37)36(6)21-13-20(12-17)14-22(41-7)27(21)33/h9-11,13-14,18-19,23-25,28,34,40H,12,15-16H2,1-8H3,(H,35,39)/b11-9+,17-10+/t18-,19+,23+,24-,25+,28+,31+,32+/m1/s1. The van der Waals surface area contributed by atoms with E-state index < -0.39 is 59.8 Å². The van der Waals surface area contributed by atoms with E-state index in [0.29, 0.717) is 17.9 Å². The lowest BCUT2D eigenvalue weighted by atomic mass is 9.83. The Morgan fingerprint density at radius 1 is 1.29 bits per heavy atom. The summed E-state index contributed by atoms with van der Waals surface area (Å²) >= 11 is 6.69. The number of epoxide rings is 1. The molecule has 0 unspecified atom stereocenters. The topological polar surface area (TPSA) is 148 Å². The van der Waals surface area contributed by atoms with E-state index in [1.807, 2.05) is 26.0 Å². The average molecular weight is 650 g/mol. The van der Waals surface area contributed by atoms with E-state index in [4.69, 9.17) is 35.3 Å². The molecule has 1 aromatic carbocycles. The predicted octanol–water partition coefficient (Wildman–Crippen LogP) is 3.28. The van der Waals surface area contributed by atoms with Gasteiger partial charge in [-0.15, -0.1) is 0 Å². The van der Waals surface area contributed by atoms with Gasteiger partial charge in [-0.25, -0.2) is 4.79 Å². The maximum atomic E-state index is 13.8. The Kier molecular flexibility index (Phi) is 10.6. The molecule has 0 aliphatic carbocycles. The Balaban J connectivity index is 1.80. The lowest BCUT2D eigenvalue weighted by Gasteiger charge is -2.42. The summed E-state index contributed by atoms with van der Waals surface area (Å²) in [6, 6.07) is 2.99. The smallest absolute Gasteiger partial charge is 0.409 e. The van der Waals surface area contributed by atoms with Crippen molar-refractivity contribution in [2.75, 3.05) is 33.2 Å². The number of nitrogens with zero attached hydrogens (tertiary/aromatic N) is 1. The fraction of sp³-hybridized carbons (Fsp3) is 0.594. The number of esters is 1. The molecule has 0 radical (unpaired) electrons. The summed E-state index contributed by atoms with van der Waals surface area (Å²) in [5.74, 6) is -0.974. The molecule has 4 rings (SSSR count). The Bertz CT molecular complexity index is 1370. The largest absolute Gasteiger partial charge is 0.495 e. The van der Waals surface area contributed by atoms with Crippen LogP contribution in [0.5, 0.6) is 5.75 Å². The average Bonchev–Trinajstić information content (AvgIpc) is 3.69. The number of carbonyl (C=O) groups is 3. The second-order valence-electron chi connectivity index (χ2n) is 12.2. The number of ether oxygens (including phenoxy) is 5. The van der Waals surface area contributed by atoms with E-state index in [1.54, 1.807) is 46.2 Å². The molecule has 0 saturated carbocycles. The van der Waals surface area contributed by atoms with Crippen molar-refractivity contribution in [3.63, 3.8) is 0 Å². The number of carbonyl (C=O) groups excluding carboxylic acids is 3. The molecule has 248 valence electrons. The minimum Gasteiger partial charge on any atom is -0.495 e. The van der Waals surface area contributed by atoms with E-state index in [9.17, 15) is 19.5 Å². The van der Waals surface area contributed by atoms with Crippen molar-refractivity contribution in [2.24, 2.45) is 5.92 Å². The van der Waals surface area contributed by atoms with Crippen molar-refractivity contribution in [1.29, 1.82) is 0 Å². The van der Waals surface area contributed by atoms with Crippen LogP contribution in [0.3, 0.4) is 0 Å². The van der Waals surface area contributed by atoms with Crippen molar-refractivity contribution in [2.45, 2.75) is 88.7 Å². The second-order valence-corrected chi connectivity index (χ2v) is 12.6. The zero-order valence-electron chi connectivity index (χ0n) is 27.0. The van der Waals surface area contributed by atoms with Crippen LogP contribution in [-0.4, -0.2) is 93.2 Å². The van der Waals surface area contributed by atoms with Gasteiger partial charge in [-0.2, -0.15) is 0 Å². The minimum absolute atomic E-state index is 0.00553. The lowest BCUT2D eigenvalue weighted by Crippen LogP contribution is -2.63. The van der Waals surface area contributed by atoms with Crippen LogP contribution < -0.4 is 20.3 Å². The number of amides is 2. The van der Waals surface area contributed by atoms with E-state index >= 15 is 0 Å². The summed E-state index contributed by atoms with van der Waals surface area (Å²) in [6.45, 7) is 7.17. The molecule has 4 bridgehead atoms. The van der Waals surface area contributed by atoms with Crippen LogP contribution in [-0.2, 0) is 35.0 Å². The fourth-order valence-corrected chi connectivity index (χ4v) is 6.28. The van der Waals surface area contributed by atoms with Gasteiger partial charge in [0.25, 0.3) is 0 Å². The normalized spacial score (nSPS) is 34.8. The maximum absolute atomic E-state index is 13.8. The van der Waals surface area contributed by atoms with Gasteiger partial charge in [0, 0.05) is 26.5 Å². The van der Waals surface area contributed by atoms with Crippen molar-refractivity contribution >= 4 is 35.3 Å². The van der Waals surface area contributed by atoms with Crippen molar-refractivity contribution in [3.8, 4) is 5.75 Å². The third kappa shape index (κ3) is 7.30. The summed E-state index contributed by atoms with van der Waals surface area (Å²) in [7, 11) is 6.18. The number of aliphatic hydroxyl groups is 1. The second kappa shape index (κ2) is 13.7. The van der Waals surface area contributed by atoms with Gasteiger partial charge >= 0.3 is 12.1 Å². The minimum atomic E-state index is -1.78. The highest BCUT2D eigenvalue weighted by Crippen LogP contribution is 2.49. The molecule has 0 spiro atoms. The van der Waals surface area contributed by atoms with Crippen LogP contribution in [0.2, 0.25) is 5.02 Å². The molecule has 2 saturated heterocycles. The Hall–Kier alpha value is -3.16. The summed E-state index contributed by atoms with van der Waals surface area (Å²) in [4.78, 5) is 40.9. The molecule has 8 atom stereocenters. The highest BCUT2D eigenvalue weighted by molar-refractivity contribution is 6.35. The predicted molar refractivity (Wildman–Crippen MR) is 167 cm³/mol. The van der Waals surface area contributed by atoms with Crippen LogP contribution >= 0.6 is 11.6 Å². The molecule has 12 nitrogen and oxygen atoms in total. The van der Waals surface area contributed by atoms with Gasteiger partial charge < -0.3 is 39.0 Å². The summed E-state index contributed by atoms with van der Waals surface area (Å²) in [5.41, 5.74) is -0.646. The molecule has 2 fully saturated rings. The van der Waals surface area contributed by atoms with Gasteiger partial charge in [0.1, 0.15) is 40.7 Å². The first-order valence-electron chi connectivity index (χ1n) is 14.9. The molecular weight excluding hydrogens is 606 g/mol. The number of fused-ring (bicyclic) bond motifs is 5. The van der Waals surface area contributed by atoms with Gasteiger partial charge in [-0.05, 0) is 51.9 Å². The number of hydrogen-bond acceptors (Lipinski definition) is 10. The van der Waals surface area contributed by atoms with Crippen LogP contribution in [0.15, 0.2) is 35.9 Å². The highest BCUT2D eigenvalue weighted by atomic mass is 35.5. The monoisotopic (exact) mass is 649 g/mol. The lowest BCUT2D eigenvalue weighted by molar-refractivity contribution is -0.155. The third-order valence-corrected chi connectivity index (χ3v) is 9.38. The molecule has 13 heteroatoms. The summed E-state index contributed by atoms with van der Waals surface area (Å²) < 4.78 is 28.8. The molecule has 3 N–H and O–H groups in total. The Labute approximate surface area is 269 Å². The molecular formula is C32H44ClN3O9. The molecule has 3 heterocycles. The van der Waals surface area contributed by atoms with Gasteiger partial charge in [-0.3, -0.25) is 14.9 Å². The highest BCUT2D eigenvalue weighted by Gasteiger charge is 2.64. The number of hydrogen-bond donors (Lipinski definition) is 3. The Morgan fingerprint density at radius 2 is 2.00 bits per heavy atom. The van der Waals surface area contributed by atoms with Gasteiger partial charge in [-0.1, -0.05) is 42.3 Å². The third-order valence-electron chi connectivity index (χ3n) is 9.00. The molecule has 3 aliphatic rings. The van der Waals surface area contributed by atoms with E-state index in [1.165, 1.54) is 19.1 Å². The SMILES string of the molecule is CN[C@@H](C)C(=O)O[C@H]1CC(=O)N(C)c2cc(cc(OC)c2Cl)C/C(C)=C/C=C/[C@@H](OC)[C@@]2(O)C[C@H](OC(=O)N2)[C@@H](C)[C@@H]2O[C@@]12C. The number of benzene rings is 1. The molecule has 2 amide bonds. The number of alkyl carbamates (subject to hydrolysis) is 1. The van der Waals surface area contributed by atoms with Crippen LogP contribution in [0, 0.1) is 5.92 Å². The maximum Gasteiger partial charge on any atom is 0.409 e. The van der Waals surface area contributed by atoms with Gasteiger partial charge in [0.2, 0.25) is 5.91 Å². The number of likely N-dealkylation sites (N-methyl/N-ethyl adjacent to an activating group) is 1. The van der Waals surface area contributed by atoms with Crippen molar-refractivity contribution in [1.82, 2.24) is 10.6 Å². The first-order chi connectivity index (χ1) is 21.2. The molecule has 1 aromatic rings. The number of halogens is 1. The number of anilines is 1. The molecule has 0 aromatic heterocycles. The van der Waals surface area contributed by atoms with Crippen molar-refractivity contribution < 1.29 is 43.2 Å². The summed E-state index contributed by atoms with van der Waals surface area (Å²) in [6.07, 6.45) is 1.52. The van der Waals surface area contributed by atoms with E-state index in [0.717, 1.165) is 11.1 Å². The van der Waals surface area contributed by atoms with E-state index in [2.05, 4.69) is 10.6 Å². The summed E-state index contributed by atoms with van der Waals surface area (Å²) in [5, 5.41) is 17.2. The van der Waals surface area contributed by atoms with Crippen molar-refractivity contribution in [3.05, 3.63) is 46.5 Å². The first-order valence-corrected chi connectivity index (χ1v) is 15.3. The zero-order chi connectivity index (χ0) is 33.3. The number of allylic oxidation sites excluding steroid dienone is 3. The Morgan fingerprint density at radius 3 is 2.64 bits per heavy atom. The quantitative estimate of drug-likeness (QED) is 0.321. The first kappa shape index (κ1) is 34.7. The number of rotatable bonds is 5. The molecule has 3 aliphatic heterocycles.